The molecule has 0 aliphatic carbocycles. The maximum absolute atomic E-state index is 12.9. The molecule has 0 bridgehead atoms. The van der Waals surface area contributed by atoms with E-state index in [-0.39, 0.29) is 5.56 Å². The predicted octanol–water partition coefficient (Wildman–Crippen LogP) is 3.58. The van der Waals surface area contributed by atoms with Crippen LogP contribution in [0.1, 0.15) is 5.89 Å². The second kappa shape index (κ2) is 8.31. The number of hydrogen-bond donors (Lipinski definition) is 0. The van der Waals surface area contributed by atoms with Crippen molar-refractivity contribution in [3.05, 3.63) is 77.4 Å². The Morgan fingerprint density at radius 1 is 1.09 bits per heavy atom. The minimum Gasteiger partial charge on any atom is -0.497 e. The highest BCUT2D eigenvalue weighted by atomic mass is 32.2. The van der Waals surface area contributed by atoms with Crippen molar-refractivity contribution in [3.63, 3.8) is 0 Å². The van der Waals surface area contributed by atoms with Crippen LogP contribution in [0.15, 0.2) is 75.6 Å². The zero-order chi connectivity index (χ0) is 22.1. The van der Waals surface area contributed by atoms with E-state index < -0.39 is 0 Å². The van der Waals surface area contributed by atoms with E-state index in [0.29, 0.717) is 40.4 Å². The van der Waals surface area contributed by atoms with E-state index in [2.05, 4.69) is 27.0 Å². The fourth-order valence-electron chi connectivity index (χ4n) is 3.41. The molecule has 0 spiro atoms. The van der Waals surface area contributed by atoms with Crippen LogP contribution in [0.5, 0.6) is 5.75 Å². The first-order valence-electron chi connectivity index (χ1n) is 9.77. The van der Waals surface area contributed by atoms with Crippen LogP contribution in [0.25, 0.3) is 28.1 Å². The number of allylic oxidation sites excluding steroid dienone is 1. The topological polar surface area (TPSA) is 100 Å². The van der Waals surface area contributed by atoms with Gasteiger partial charge in [0.1, 0.15) is 5.75 Å². The number of thioether (sulfide) groups is 1. The lowest BCUT2D eigenvalue weighted by molar-refractivity contribution is 0.415. The summed E-state index contributed by atoms with van der Waals surface area (Å²) < 4.78 is 14.4. The maximum Gasteiger partial charge on any atom is 0.263 e. The second-order valence-corrected chi connectivity index (χ2v) is 7.80. The van der Waals surface area contributed by atoms with Crippen LogP contribution in [0.4, 0.5) is 0 Å². The summed E-state index contributed by atoms with van der Waals surface area (Å²) in [5.41, 5.74) is 1.42. The van der Waals surface area contributed by atoms with E-state index in [1.807, 2.05) is 46.9 Å². The number of ether oxygens (including phenoxy) is 1. The van der Waals surface area contributed by atoms with Gasteiger partial charge < -0.3 is 9.15 Å². The third kappa shape index (κ3) is 3.44. The van der Waals surface area contributed by atoms with Gasteiger partial charge in [0.15, 0.2) is 5.16 Å². The van der Waals surface area contributed by atoms with Gasteiger partial charge in [-0.3, -0.25) is 13.8 Å². The Morgan fingerprint density at radius 3 is 2.69 bits per heavy atom. The molecule has 9 nitrogen and oxygen atoms in total. The van der Waals surface area contributed by atoms with Crippen molar-refractivity contribution in [2.45, 2.75) is 17.5 Å². The number of fused-ring (bicyclic) bond motifs is 3. The minimum absolute atomic E-state index is 0.127. The van der Waals surface area contributed by atoms with Crippen molar-refractivity contribution in [1.29, 1.82) is 0 Å². The number of aromatic nitrogens is 6. The standard InChI is InChI=1S/C22H18N6O3S/c1-3-12-27-20(29)16-6-4-5-7-17(16)28-21(27)25-26-22(28)32-13-18-23-24-19(31-18)14-8-10-15(30-2)11-9-14/h3-11H,1,12-13H2,2H3. The minimum atomic E-state index is -0.127. The summed E-state index contributed by atoms with van der Waals surface area (Å²) in [7, 11) is 1.62. The van der Waals surface area contributed by atoms with E-state index in [9.17, 15) is 4.79 Å². The first kappa shape index (κ1) is 20.0. The van der Waals surface area contributed by atoms with E-state index in [1.165, 1.54) is 11.8 Å². The number of nitrogens with zero attached hydrogens (tertiary/aromatic N) is 6. The lowest BCUT2D eigenvalue weighted by Crippen LogP contribution is -2.22. The number of rotatable bonds is 7. The zero-order valence-corrected chi connectivity index (χ0v) is 18.0. The van der Waals surface area contributed by atoms with Crippen molar-refractivity contribution in [3.8, 4) is 17.2 Å². The summed E-state index contributed by atoms with van der Waals surface area (Å²) in [6, 6.07) is 14.8. The van der Waals surface area contributed by atoms with Gasteiger partial charge in [-0.2, -0.15) is 0 Å². The summed E-state index contributed by atoms with van der Waals surface area (Å²) in [6.07, 6.45) is 1.66. The van der Waals surface area contributed by atoms with E-state index in [4.69, 9.17) is 9.15 Å². The molecule has 5 rings (SSSR count). The van der Waals surface area contributed by atoms with Crippen molar-refractivity contribution >= 4 is 28.4 Å². The molecule has 0 saturated carbocycles. The van der Waals surface area contributed by atoms with Gasteiger partial charge in [-0.1, -0.05) is 30.0 Å². The van der Waals surface area contributed by atoms with Crippen LogP contribution in [0.3, 0.4) is 0 Å². The molecule has 5 aromatic rings. The molecule has 0 amide bonds. The van der Waals surface area contributed by atoms with Gasteiger partial charge in [-0.25, -0.2) is 0 Å². The highest BCUT2D eigenvalue weighted by Crippen LogP contribution is 2.26. The van der Waals surface area contributed by atoms with Crippen molar-refractivity contribution in [1.82, 2.24) is 29.4 Å². The van der Waals surface area contributed by atoms with Crippen LogP contribution < -0.4 is 10.3 Å². The predicted molar refractivity (Wildman–Crippen MR) is 121 cm³/mol. The van der Waals surface area contributed by atoms with Crippen LogP contribution >= 0.6 is 11.8 Å². The molecule has 0 N–H and O–H groups in total. The van der Waals surface area contributed by atoms with Crippen molar-refractivity contribution in [2.75, 3.05) is 7.11 Å². The molecule has 0 fully saturated rings. The Balaban J connectivity index is 1.47. The van der Waals surface area contributed by atoms with Gasteiger partial charge in [0.05, 0.1) is 23.8 Å². The Hall–Kier alpha value is -3.92. The molecule has 2 aromatic carbocycles. The molecule has 0 radical (unpaired) electrons. The summed E-state index contributed by atoms with van der Waals surface area (Å²) in [5, 5.41) is 18.1. The van der Waals surface area contributed by atoms with Crippen molar-refractivity contribution in [2.24, 2.45) is 0 Å². The highest BCUT2D eigenvalue weighted by molar-refractivity contribution is 7.98. The Morgan fingerprint density at radius 2 is 1.91 bits per heavy atom. The van der Waals surface area contributed by atoms with Gasteiger partial charge in [0.2, 0.25) is 17.6 Å². The maximum atomic E-state index is 12.9. The van der Waals surface area contributed by atoms with Crippen LogP contribution in [0, 0.1) is 0 Å². The van der Waals surface area contributed by atoms with Crippen LogP contribution in [-0.2, 0) is 12.3 Å². The third-order valence-electron chi connectivity index (χ3n) is 4.92. The first-order chi connectivity index (χ1) is 15.7. The quantitative estimate of drug-likeness (QED) is 0.276. The molecule has 0 aliphatic rings. The molecular formula is C22H18N6O3S. The van der Waals surface area contributed by atoms with Crippen molar-refractivity contribution < 1.29 is 9.15 Å². The van der Waals surface area contributed by atoms with Gasteiger partial charge in [-0.15, -0.1) is 27.0 Å². The summed E-state index contributed by atoms with van der Waals surface area (Å²) in [6.45, 7) is 4.08. The average Bonchev–Trinajstić information content (AvgIpc) is 3.48. The Labute approximate surface area is 186 Å². The molecule has 0 aliphatic heterocycles. The number of benzene rings is 2. The monoisotopic (exact) mass is 446 g/mol. The lowest BCUT2D eigenvalue weighted by atomic mass is 10.2. The Kier molecular flexibility index (Phi) is 5.20. The lowest BCUT2D eigenvalue weighted by Gasteiger charge is -2.09. The molecule has 3 heterocycles. The second-order valence-electron chi connectivity index (χ2n) is 6.86. The molecule has 10 heteroatoms. The molecule has 0 unspecified atom stereocenters. The number of methoxy groups -OCH3 is 1. The zero-order valence-electron chi connectivity index (χ0n) is 17.1. The summed E-state index contributed by atoms with van der Waals surface area (Å²) in [4.78, 5) is 12.9. The van der Waals surface area contributed by atoms with Gasteiger partial charge in [-0.05, 0) is 36.4 Å². The van der Waals surface area contributed by atoms with E-state index in [1.54, 1.807) is 23.8 Å². The van der Waals surface area contributed by atoms with Gasteiger partial charge >= 0.3 is 0 Å². The van der Waals surface area contributed by atoms with Crippen LogP contribution in [-0.4, -0.2) is 36.5 Å². The molecular weight excluding hydrogens is 428 g/mol. The average molecular weight is 446 g/mol. The molecule has 0 saturated heterocycles. The molecule has 32 heavy (non-hydrogen) atoms. The van der Waals surface area contributed by atoms with Gasteiger partial charge in [0, 0.05) is 12.1 Å². The Bertz CT molecular complexity index is 1490. The van der Waals surface area contributed by atoms with Crippen LogP contribution in [0.2, 0.25) is 0 Å². The molecule has 3 aromatic heterocycles. The highest BCUT2D eigenvalue weighted by Gasteiger charge is 2.17. The fraction of sp³-hybridized carbons (Fsp3) is 0.136. The first-order valence-corrected chi connectivity index (χ1v) is 10.8. The summed E-state index contributed by atoms with van der Waals surface area (Å²) >= 11 is 1.40. The van der Waals surface area contributed by atoms with Gasteiger partial charge in [0.25, 0.3) is 5.56 Å². The van der Waals surface area contributed by atoms with E-state index >= 15 is 0 Å². The molecule has 160 valence electrons. The smallest absolute Gasteiger partial charge is 0.263 e. The fourth-order valence-corrected chi connectivity index (χ4v) is 4.19. The normalized spacial score (nSPS) is 11.3. The SMILES string of the molecule is C=CCn1c(=O)c2ccccc2n2c(SCc3nnc(-c4ccc(OC)cc4)o3)nnc12. The van der Waals surface area contributed by atoms with E-state index in [0.717, 1.165) is 16.8 Å². The summed E-state index contributed by atoms with van der Waals surface area (Å²) in [5.74, 6) is 2.50. The number of para-hydroxylation sites is 1. The molecule has 0 atom stereocenters. The largest absolute Gasteiger partial charge is 0.497 e. The third-order valence-corrected chi connectivity index (χ3v) is 5.83. The number of hydrogen-bond acceptors (Lipinski definition) is 8.